The highest BCUT2D eigenvalue weighted by molar-refractivity contribution is 5.90. The van der Waals surface area contributed by atoms with Crippen LogP contribution in [0, 0.1) is 17.0 Å². The monoisotopic (exact) mass is 376 g/mol. The molecule has 0 aromatic heterocycles. The topological polar surface area (TPSA) is 96.7 Å². The average molecular weight is 376 g/mol. The lowest BCUT2D eigenvalue weighted by molar-refractivity contribution is -0.384. The van der Waals surface area contributed by atoms with E-state index in [-0.39, 0.29) is 17.3 Å². The van der Waals surface area contributed by atoms with Gasteiger partial charge in [0.1, 0.15) is 0 Å². The second-order valence-electron chi connectivity index (χ2n) is 7.45. The zero-order valence-corrected chi connectivity index (χ0v) is 15.8. The van der Waals surface area contributed by atoms with Crippen molar-refractivity contribution in [2.45, 2.75) is 44.6 Å². The smallest absolute Gasteiger partial charge is 0.319 e. The predicted octanol–water partition coefficient (Wildman–Crippen LogP) is 3.06. The molecule has 0 spiro atoms. The van der Waals surface area contributed by atoms with Crippen LogP contribution < -0.4 is 10.6 Å². The first kappa shape index (κ1) is 19.6. The van der Waals surface area contributed by atoms with E-state index >= 15 is 0 Å². The van der Waals surface area contributed by atoms with Gasteiger partial charge in [0, 0.05) is 43.0 Å². The number of urea groups is 1. The van der Waals surface area contributed by atoms with Crippen molar-refractivity contribution < 1.29 is 14.5 Å². The maximum Gasteiger partial charge on any atom is 0.319 e. The zero-order valence-electron chi connectivity index (χ0n) is 15.8. The number of aryl methyl sites for hydroxylation is 1. The Kier molecular flexibility index (Phi) is 6.28. The summed E-state index contributed by atoms with van der Waals surface area (Å²) in [5.74, 6) is 0. The molecular weight excluding hydrogens is 348 g/mol. The number of amides is 2. The van der Waals surface area contributed by atoms with Crippen LogP contribution >= 0.6 is 0 Å². The number of benzene rings is 1. The van der Waals surface area contributed by atoms with Crippen LogP contribution in [0.15, 0.2) is 18.2 Å². The lowest BCUT2D eigenvalue weighted by atomic mass is 9.80. The summed E-state index contributed by atoms with van der Waals surface area (Å²) >= 11 is 0. The van der Waals surface area contributed by atoms with Gasteiger partial charge in [-0.3, -0.25) is 15.0 Å². The molecule has 8 nitrogen and oxygen atoms in total. The molecule has 1 heterocycles. The molecular formula is C19H28N4O4. The minimum atomic E-state index is -0.438. The quantitative estimate of drug-likeness (QED) is 0.608. The average Bonchev–Trinajstić information content (AvgIpc) is 2.69. The molecule has 1 aliphatic heterocycles. The molecule has 8 heteroatoms. The Labute approximate surface area is 159 Å². The number of hydrogen-bond donors (Lipinski definition) is 2. The Balaban J connectivity index is 1.61. The molecule has 3 rings (SSSR count). The highest BCUT2D eigenvalue weighted by atomic mass is 16.6. The molecule has 1 saturated carbocycles. The maximum atomic E-state index is 12.5. The van der Waals surface area contributed by atoms with Crippen LogP contribution in [-0.4, -0.2) is 54.2 Å². The van der Waals surface area contributed by atoms with Gasteiger partial charge >= 0.3 is 6.03 Å². The van der Waals surface area contributed by atoms with Gasteiger partial charge in [0.2, 0.25) is 0 Å². The van der Waals surface area contributed by atoms with Crippen molar-refractivity contribution in [2.24, 2.45) is 0 Å². The fourth-order valence-electron chi connectivity index (χ4n) is 4.17. The van der Waals surface area contributed by atoms with Crippen LogP contribution in [0.1, 0.15) is 37.7 Å². The fraction of sp³-hybridized carbons (Fsp3) is 0.632. The van der Waals surface area contributed by atoms with Crippen LogP contribution in [0.3, 0.4) is 0 Å². The van der Waals surface area contributed by atoms with Gasteiger partial charge in [-0.25, -0.2) is 4.79 Å². The Morgan fingerprint density at radius 2 is 1.96 bits per heavy atom. The number of nitrogens with zero attached hydrogens (tertiary/aromatic N) is 2. The largest absolute Gasteiger partial charge is 0.379 e. The van der Waals surface area contributed by atoms with Crippen LogP contribution in [-0.2, 0) is 4.74 Å². The van der Waals surface area contributed by atoms with E-state index in [9.17, 15) is 14.9 Å². The highest BCUT2D eigenvalue weighted by Gasteiger charge is 2.38. The van der Waals surface area contributed by atoms with Gasteiger partial charge in [-0.1, -0.05) is 19.3 Å². The standard InChI is InChI=1S/C19H28N4O4/c1-15-13-16(23(25)26)5-6-17(15)21-18(24)20-14-19(7-3-2-4-8-19)22-9-11-27-12-10-22/h5-6,13H,2-4,7-12,14H2,1H3,(H2,20,21,24). The van der Waals surface area contributed by atoms with Gasteiger partial charge in [0.25, 0.3) is 5.69 Å². The number of morpholine rings is 1. The Hall–Kier alpha value is -2.19. The van der Waals surface area contributed by atoms with E-state index in [0.29, 0.717) is 17.8 Å². The van der Waals surface area contributed by atoms with Crippen molar-refractivity contribution in [1.82, 2.24) is 10.2 Å². The third kappa shape index (κ3) is 4.75. The van der Waals surface area contributed by atoms with E-state index in [1.165, 1.54) is 31.4 Å². The number of rotatable bonds is 5. The van der Waals surface area contributed by atoms with Gasteiger partial charge in [-0.05, 0) is 31.4 Å². The second kappa shape index (κ2) is 8.67. The van der Waals surface area contributed by atoms with Gasteiger partial charge in [-0.2, -0.15) is 0 Å². The van der Waals surface area contributed by atoms with E-state index in [1.54, 1.807) is 13.0 Å². The first-order valence-corrected chi connectivity index (χ1v) is 9.63. The lowest BCUT2D eigenvalue weighted by Gasteiger charge is -2.48. The van der Waals surface area contributed by atoms with E-state index in [0.717, 1.165) is 39.1 Å². The number of hydrogen-bond acceptors (Lipinski definition) is 5. The molecule has 2 fully saturated rings. The van der Waals surface area contributed by atoms with Crippen molar-refractivity contribution in [1.29, 1.82) is 0 Å². The molecule has 1 aromatic rings. The molecule has 2 aliphatic rings. The number of nitro groups is 1. The molecule has 1 saturated heterocycles. The summed E-state index contributed by atoms with van der Waals surface area (Å²) in [6.45, 7) is 5.66. The van der Waals surface area contributed by atoms with Crippen LogP contribution in [0.25, 0.3) is 0 Å². The minimum absolute atomic E-state index is 0.00386. The van der Waals surface area contributed by atoms with Crippen LogP contribution in [0.4, 0.5) is 16.2 Å². The molecule has 0 unspecified atom stereocenters. The number of non-ortho nitro benzene ring substituents is 1. The van der Waals surface area contributed by atoms with E-state index in [4.69, 9.17) is 4.74 Å². The summed E-state index contributed by atoms with van der Waals surface area (Å²) in [4.78, 5) is 25.3. The molecule has 2 N–H and O–H groups in total. The van der Waals surface area contributed by atoms with Gasteiger partial charge < -0.3 is 15.4 Å². The normalized spacial score (nSPS) is 20.0. The fourth-order valence-corrected chi connectivity index (χ4v) is 4.17. The Morgan fingerprint density at radius 1 is 1.26 bits per heavy atom. The zero-order chi connectivity index (χ0) is 19.3. The van der Waals surface area contributed by atoms with E-state index in [1.807, 2.05) is 0 Å². The number of carbonyl (C=O) groups is 1. The van der Waals surface area contributed by atoms with Gasteiger partial charge in [0.15, 0.2) is 0 Å². The maximum absolute atomic E-state index is 12.5. The van der Waals surface area contributed by atoms with Crippen molar-refractivity contribution in [3.05, 3.63) is 33.9 Å². The Morgan fingerprint density at radius 3 is 2.59 bits per heavy atom. The molecule has 1 aliphatic carbocycles. The summed E-state index contributed by atoms with van der Waals surface area (Å²) in [6.07, 6.45) is 5.79. The number of anilines is 1. The molecule has 1 aromatic carbocycles. The summed E-state index contributed by atoms with van der Waals surface area (Å²) in [7, 11) is 0. The molecule has 27 heavy (non-hydrogen) atoms. The van der Waals surface area contributed by atoms with Gasteiger partial charge in [-0.15, -0.1) is 0 Å². The van der Waals surface area contributed by atoms with Gasteiger partial charge in [0.05, 0.1) is 18.1 Å². The molecule has 0 bridgehead atoms. The summed E-state index contributed by atoms with van der Waals surface area (Å²) in [6, 6.07) is 4.17. The van der Waals surface area contributed by atoms with Crippen molar-refractivity contribution in [3.63, 3.8) is 0 Å². The summed E-state index contributed by atoms with van der Waals surface area (Å²) in [5.41, 5.74) is 1.28. The molecule has 148 valence electrons. The van der Waals surface area contributed by atoms with E-state index in [2.05, 4.69) is 15.5 Å². The first-order chi connectivity index (χ1) is 13.0. The first-order valence-electron chi connectivity index (χ1n) is 9.63. The third-order valence-corrected chi connectivity index (χ3v) is 5.71. The van der Waals surface area contributed by atoms with Crippen molar-refractivity contribution >= 4 is 17.4 Å². The van der Waals surface area contributed by atoms with Crippen LogP contribution in [0.5, 0.6) is 0 Å². The number of nitro benzene ring substituents is 1. The summed E-state index contributed by atoms with van der Waals surface area (Å²) < 4.78 is 5.49. The lowest BCUT2D eigenvalue weighted by Crippen LogP contribution is -2.60. The Bertz CT molecular complexity index is 682. The van der Waals surface area contributed by atoms with Crippen LogP contribution in [0.2, 0.25) is 0 Å². The SMILES string of the molecule is Cc1cc([N+](=O)[O-])ccc1NC(=O)NCC1(N2CCOCC2)CCCCC1. The third-order valence-electron chi connectivity index (χ3n) is 5.71. The van der Waals surface area contributed by atoms with Crippen molar-refractivity contribution in [3.8, 4) is 0 Å². The molecule has 0 atom stereocenters. The minimum Gasteiger partial charge on any atom is -0.379 e. The predicted molar refractivity (Wildman–Crippen MR) is 103 cm³/mol. The van der Waals surface area contributed by atoms with Crippen molar-refractivity contribution in [2.75, 3.05) is 38.2 Å². The highest BCUT2D eigenvalue weighted by Crippen LogP contribution is 2.34. The van der Waals surface area contributed by atoms with E-state index < -0.39 is 4.92 Å². The number of carbonyl (C=O) groups excluding carboxylic acids is 1. The number of ether oxygens (including phenoxy) is 1. The molecule has 2 amide bonds. The number of nitrogens with one attached hydrogen (secondary N) is 2. The summed E-state index contributed by atoms with van der Waals surface area (Å²) in [5, 5.41) is 16.7. The molecule has 0 radical (unpaired) electrons. The second-order valence-corrected chi connectivity index (χ2v) is 7.45.